The van der Waals surface area contributed by atoms with Crippen molar-refractivity contribution in [3.63, 3.8) is 0 Å². The van der Waals surface area contributed by atoms with Crippen LogP contribution in [0.3, 0.4) is 0 Å². The monoisotopic (exact) mass is 210 g/mol. The third kappa shape index (κ3) is 1.85. The molecule has 2 aliphatic rings. The first-order valence-corrected chi connectivity index (χ1v) is 5.93. The highest BCUT2D eigenvalue weighted by atomic mass is 16.7. The van der Waals surface area contributed by atoms with E-state index in [-0.39, 0.29) is 11.7 Å². The highest BCUT2D eigenvalue weighted by molar-refractivity contribution is 5.15. The van der Waals surface area contributed by atoms with Gasteiger partial charge in [-0.1, -0.05) is 32.4 Å². The summed E-state index contributed by atoms with van der Waals surface area (Å²) >= 11 is 0. The van der Waals surface area contributed by atoms with Crippen LogP contribution in [0.1, 0.15) is 34.1 Å². The van der Waals surface area contributed by atoms with Crippen molar-refractivity contribution in [2.45, 2.75) is 40.4 Å². The molecule has 1 heterocycles. The first kappa shape index (κ1) is 11.2. The zero-order valence-electron chi connectivity index (χ0n) is 10.2. The zero-order chi connectivity index (χ0) is 11.1. The van der Waals surface area contributed by atoms with Gasteiger partial charge in [-0.25, -0.2) is 0 Å². The van der Waals surface area contributed by atoms with Gasteiger partial charge in [-0.3, -0.25) is 0 Å². The van der Waals surface area contributed by atoms with Crippen molar-refractivity contribution in [1.82, 2.24) is 0 Å². The van der Waals surface area contributed by atoms with Gasteiger partial charge in [0.25, 0.3) is 0 Å². The van der Waals surface area contributed by atoms with E-state index in [4.69, 9.17) is 9.47 Å². The molecule has 0 radical (unpaired) electrons. The average Bonchev–Trinajstić information content (AvgIpc) is 2.65. The molecule has 1 aliphatic heterocycles. The quantitative estimate of drug-likeness (QED) is 0.619. The fourth-order valence-corrected chi connectivity index (χ4v) is 2.82. The minimum absolute atomic E-state index is 0.0148. The van der Waals surface area contributed by atoms with Gasteiger partial charge in [0, 0.05) is 5.92 Å². The van der Waals surface area contributed by atoms with E-state index in [0.717, 1.165) is 13.2 Å². The Morgan fingerprint density at radius 1 is 1.27 bits per heavy atom. The second kappa shape index (κ2) is 3.91. The number of ether oxygens (including phenoxy) is 2. The lowest BCUT2D eigenvalue weighted by molar-refractivity contribution is -0.115. The van der Waals surface area contributed by atoms with E-state index in [1.54, 1.807) is 0 Å². The van der Waals surface area contributed by atoms with E-state index in [9.17, 15) is 0 Å². The van der Waals surface area contributed by atoms with Crippen LogP contribution in [0.2, 0.25) is 0 Å². The average molecular weight is 210 g/mol. The molecule has 0 unspecified atom stereocenters. The van der Waals surface area contributed by atoms with Crippen molar-refractivity contribution in [3.8, 4) is 0 Å². The normalized spacial score (nSPS) is 36.7. The number of allylic oxidation sites excluding steroid dienone is 1. The lowest BCUT2D eigenvalue weighted by Crippen LogP contribution is -2.42. The van der Waals surface area contributed by atoms with Gasteiger partial charge in [0.1, 0.15) is 0 Å². The molecule has 0 aromatic rings. The molecule has 1 aliphatic carbocycles. The van der Waals surface area contributed by atoms with Crippen LogP contribution < -0.4 is 0 Å². The van der Waals surface area contributed by atoms with Gasteiger partial charge in [0.05, 0.1) is 13.2 Å². The zero-order valence-corrected chi connectivity index (χ0v) is 10.2. The molecule has 0 aromatic carbocycles. The van der Waals surface area contributed by atoms with Gasteiger partial charge in [-0.15, -0.1) is 0 Å². The Bertz CT molecular complexity index is 262. The fourth-order valence-electron chi connectivity index (χ4n) is 2.82. The summed E-state index contributed by atoms with van der Waals surface area (Å²) in [5.41, 5.74) is 1.71. The van der Waals surface area contributed by atoms with Gasteiger partial charge in [-0.2, -0.15) is 0 Å². The molecular weight excluding hydrogens is 188 g/mol. The molecule has 1 saturated heterocycles. The summed E-state index contributed by atoms with van der Waals surface area (Å²) in [6.45, 7) is 10.7. The molecule has 0 spiro atoms. The summed E-state index contributed by atoms with van der Waals surface area (Å²) in [6.07, 6.45) is 3.52. The third-order valence-electron chi connectivity index (χ3n) is 4.28. The molecule has 0 N–H and O–H groups in total. The largest absolute Gasteiger partial charge is 0.350 e. The Balaban J connectivity index is 2.25. The van der Waals surface area contributed by atoms with Gasteiger partial charge in [-0.05, 0) is 24.7 Å². The van der Waals surface area contributed by atoms with E-state index < -0.39 is 0 Å². The maximum absolute atomic E-state index is 5.68. The van der Waals surface area contributed by atoms with Gasteiger partial charge in [0.2, 0.25) is 0 Å². The number of rotatable bonds is 1. The minimum atomic E-state index is -0.0148. The molecule has 0 saturated carbocycles. The molecule has 2 atom stereocenters. The van der Waals surface area contributed by atoms with E-state index in [1.165, 1.54) is 12.0 Å². The SMILES string of the molecule is CC1=CC[C@@H](C)C(C)(C)[C@H]1C1OCCO1. The van der Waals surface area contributed by atoms with Crippen molar-refractivity contribution >= 4 is 0 Å². The Morgan fingerprint density at radius 2 is 1.87 bits per heavy atom. The van der Waals surface area contributed by atoms with Crippen LogP contribution in [0, 0.1) is 17.3 Å². The predicted octanol–water partition coefficient (Wildman–Crippen LogP) is 2.99. The standard InChI is InChI=1S/C13H22O2/c1-9-5-6-10(2)13(3,4)11(9)12-14-7-8-15-12/h5,10-12H,6-8H2,1-4H3/t10-,11-/m1/s1. The maximum atomic E-state index is 5.68. The maximum Gasteiger partial charge on any atom is 0.164 e. The minimum Gasteiger partial charge on any atom is -0.350 e. The molecule has 0 amide bonds. The summed E-state index contributed by atoms with van der Waals surface area (Å²) in [6, 6.07) is 0. The third-order valence-corrected chi connectivity index (χ3v) is 4.28. The topological polar surface area (TPSA) is 18.5 Å². The predicted molar refractivity (Wildman–Crippen MR) is 60.5 cm³/mol. The smallest absolute Gasteiger partial charge is 0.164 e. The molecule has 0 aromatic heterocycles. The Labute approximate surface area is 92.6 Å². The number of hydrogen-bond acceptors (Lipinski definition) is 2. The van der Waals surface area contributed by atoms with Crippen molar-refractivity contribution in [2.75, 3.05) is 13.2 Å². The second-order valence-corrected chi connectivity index (χ2v) is 5.49. The molecular formula is C13H22O2. The van der Waals surface area contributed by atoms with Crippen molar-refractivity contribution in [1.29, 1.82) is 0 Å². The molecule has 2 nitrogen and oxygen atoms in total. The van der Waals surface area contributed by atoms with Gasteiger partial charge in [0.15, 0.2) is 6.29 Å². The highest BCUT2D eigenvalue weighted by Crippen LogP contribution is 2.47. The Kier molecular flexibility index (Phi) is 2.91. The first-order valence-electron chi connectivity index (χ1n) is 5.93. The van der Waals surface area contributed by atoms with Crippen molar-refractivity contribution in [2.24, 2.45) is 17.3 Å². The van der Waals surface area contributed by atoms with E-state index in [2.05, 4.69) is 33.8 Å². The van der Waals surface area contributed by atoms with Crippen molar-refractivity contribution in [3.05, 3.63) is 11.6 Å². The molecule has 15 heavy (non-hydrogen) atoms. The molecule has 1 fully saturated rings. The van der Waals surface area contributed by atoms with E-state index >= 15 is 0 Å². The summed E-state index contributed by atoms with van der Waals surface area (Å²) in [4.78, 5) is 0. The van der Waals surface area contributed by atoms with E-state index in [0.29, 0.717) is 11.8 Å². The fraction of sp³-hybridized carbons (Fsp3) is 0.846. The summed E-state index contributed by atoms with van der Waals surface area (Å²) in [7, 11) is 0. The van der Waals surface area contributed by atoms with Gasteiger partial charge >= 0.3 is 0 Å². The van der Waals surface area contributed by atoms with Crippen LogP contribution >= 0.6 is 0 Å². The first-order chi connectivity index (χ1) is 7.03. The van der Waals surface area contributed by atoms with Gasteiger partial charge < -0.3 is 9.47 Å². The highest BCUT2D eigenvalue weighted by Gasteiger charge is 2.44. The Morgan fingerprint density at radius 3 is 2.47 bits per heavy atom. The summed E-state index contributed by atoms with van der Waals surface area (Å²) < 4.78 is 11.4. The number of hydrogen-bond donors (Lipinski definition) is 0. The van der Waals surface area contributed by atoms with Crippen LogP contribution in [0.15, 0.2) is 11.6 Å². The van der Waals surface area contributed by atoms with Crippen LogP contribution in [0.25, 0.3) is 0 Å². The lowest BCUT2D eigenvalue weighted by Gasteiger charge is -2.45. The molecule has 2 heteroatoms. The van der Waals surface area contributed by atoms with Crippen molar-refractivity contribution < 1.29 is 9.47 Å². The van der Waals surface area contributed by atoms with Crippen LogP contribution in [-0.2, 0) is 9.47 Å². The molecule has 2 rings (SSSR count). The molecule has 0 bridgehead atoms. The van der Waals surface area contributed by atoms with Crippen LogP contribution in [0.5, 0.6) is 0 Å². The summed E-state index contributed by atoms with van der Waals surface area (Å²) in [5.74, 6) is 1.11. The Hall–Kier alpha value is -0.340. The molecule has 86 valence electrons. The summed E-state index contributed by atoms with van der Waals surface area (Å²) in [5, 5.41) is 0. The van der Waals surface area contributed by atoms with E-state index in [1.807, 2.05) is 0 Å². The second-order valence-electron chi connectivity index (χ2n) is 5.49. The van der Waals surface area contributed by atoms with Crippen LogP contribution in [0.4, 0.5) is 0 Å². The van der Waals surface area contributed by atoms with Crippen LogP contribution in [-0.4, -0.2) is 19.5 Å². The lowest BCUT2D eigenvalue weighted by atomic mass is 9.63.